The summed E-state index contributed by atoms with van der Waals surface area (Å²) in [6, 6.07) is 0. The van der Waals surface area contributed by atoms with Crippen LogP contribution in [0.5, 0.6) is 0 Å². The van der Waals surface area contributed by atoms with Gasteiger partial charge in [-0.1, -0.05) is 0 Å². The lowest BCUT2D eigenvalue weighted by Gasteiger charge is -2.17. The van der Waals surface area contributed by atoms with Gasteiger partial charge in [-0.05, 0) is 6.42 Å². The Morgan fingerprint density at radius 3 is 3.00 bits per heavy atom. The summed E-state index contributed by atoms with van der Waals surface area (Å²) in [6.45, 7) is 2.89. The number of aliphatic hydroxyl groups is 1. The van der Waals surface area contributed by atoms with Gasteiger partial charge in [0.15, 0.2) is 0 Å². The number of H-pyrrole nitrogens is 1. The number of nitrogens with zero attached hydrogens (tertiary/aromatic N) is 2. The van der Waals surface area contributed by atoms with Gasteiger partial charge in [0.05, 0.1) is 6.61 Å². The van der Waals surface area contributed by atoms with Gasteiger partial charge in [-0.2, -0.15) is 5.10 Å². The molecule has 2 heterocycles. The average Bonchev–Trinajstić information content (AvgIpc) is 2.42. The average molecular weight is 196 g/mol. The third-order valence-corrected chi connectivity index (χ3v) is 2.76. The van der Waals surface area contributed by atoms with Gasteiger partial charge in [-0.15, -0.1) is 0 Å². The minimum absolute atomic E-state index is 0.224. The molecule has 0 amide bonds. The van der Waals surface area contributed by atoms with Crippen molar-refractivity contribution in [3.05, 3.63) is 11.3 Å². The number of nitrogens with two attached hydrogens (primary N) is 1. The molecule has 0 aromatic carbocycles. The van der Waals surface area contributed by atoms with Crippen molar-refractivity contribution in [3.8, 4) is 0 Å². The van der Waals surface area contributed by atoms with E-state index in [2.05, 4.69) is 15.1 Å². The molecule has 0 aliphatic carbocycles. The minimum atomic E-state index is 0.224. The number of β-amino-alcohol motifs (C(OH)–C–C–N with tert-alkyl or cyclic N) is 1. The van der Waals surface area contributed by atoms with Crippen LogP contribution >= 0.6 is 0 Å². The Bertz CT molecular complexity index is 310. The number of hydrogen-bond acceptors (Lipinski definition) is 4. The van der Waals surface area contributed by atoms with Crippen LogP contribution in [0.2, 0.25) is 0 Å². The predicted molar refractivity (Wildman–Crippen MR) is 53.9 cm³/mol. The lowest BCUT2D eigenvalue weighted by molar-refractivity contribution is 0.201. The number of aromatic amines is 1. The second-order valence-corrected chi connectivity index (χ2v) is 3.63. The summed E-state index contributed by atoms with van der Waals surface area (Å²) in [6.07, 6.45) is 1.87. The molecule has 1 aliphatic rings. The molecule has 0 saturated heterocycles. The van der Waals surface area contributed by atoms with E-state index in [1.54, 1.807) is 0 Å². The Balaban J connectivity index is 2.07. The van der Waals surface area contributed by atoms with Crippen LogP contribution in [0.15, 0.2) is 0 Å². The first-order valence-electron chi connectivity index (χ1n) is 4.96. The van der Waals surface area contributed by atoms with Gasteiger partial charge in [0.25, 0.3) is 0 Å². The maximum atomic E-state index is 8.85. The minimum Gasteiger partial charge on any atom is -0.395 e. The smallest absolute Gasteiger partial charge is 0.148 e. The van der Waals surface area contributed by atoms with E-state index in [0.717, 1.165) is 43.7 Å². The summed E-state index contributed by atoms with van der Waals surface area (Å²) in [5.74, 6) is 0.630. The maximum Gasteiger partial charge on any atom is 0.148 e. The number of anilines is 1. The van der Waals surface area contributed by atoms with Crippen LogP contribution in [0.4, 0.5) is 5.82 Å². The Morgan fingerprint density at radius 2 is 2.21 bits per heavy atom. The molecular formula is C9H16N4O. The van der Waals surface area contributed by atoms with E-state index in [1.807, 2.05) is 0 Å². The topological polar surface area (TPSA) is 78.2 Å². The quantitative estimate of drug-likeness (QED) is 0.589. The number of nitrogen functional groups attached to an aromatic ring is 1. The zero-order chi connectivity index (χ0) is 9.97. The van der Waals surface area contributed by atoms with E-state index >= 15 is 0 Å². The molecule has 0 saturated carbocycles. The van der Waals surface area contributed by atoms with Gasteiger partial charge in [0, 0.05) is 37.3 Å². The van der Waals surface area contributed by atoms with Gasteiger partial charge in [-0.3, -0.25) is 5.10 Å². The van der Waals surface area contributed by atoms with Crippen molar-refractivity contribution in [1.82, 2.24) is 15.1 Å². The van der Waals surface area contributed by atoms with Crippen molar-refractivity contribution < 1.29 is 5.11 Å². The second-order valence-electron chi connectivity index (χ2n) is 3.63. The molecule has 0 unspecified atom stereocenters. The number of nitrogens with one attached hydrogen (secondary N) is 1. The SMILES string of the molecule is Nc1n[nH]c2c1CCN(CCO)CC2. The molecule has 1 aliphatic heterocycles. The highest BCUT2D eigenvalue weighted by atomic mass is 16.3. The summed E-state index contributed by atoms with van der Waals surface area (Å²) in [5.41, 5.74) is 8.05. The molecule has 1 aromatic rings. The summed E-state index contributed by atoms with van der Waals surface area (Å²) in [7, 11) is 0. The fourth-order valence-electron chi connectivity index (χ4n) is 1.92. The molecule has 1 aromatic heterocycles. The Labute approximate surface area is 82.9 Å². The molecule has 0 fully saturated rings. The van der Waals surface area contributed by atoms with Crippen molar-refractivity contribution in [3.63, 3.8) is 0 Å². The largest absolute Gasteiger partial charge is 0.395 e. The summed E-state index contributed by atoms with van der Waals surface area (Å²) in [4.78, 5) is 2.24. The fourth-order valence-corrected chi connectivity index (χ4v) is 1.92. The molecule has 5 nitrogen and oxygen atoms in total. The Kier molecular flexibility index (Phi) is 2.69. The zero-order valence-corrected chi connectivity index (χ0v) is 8.16. The molecular weight excluding hydrogens is 180 g/mol. The van der Waals surface area contributed by atoms with E-state index in [1.165, 1.54) is 0 Å². The standard InChI is InChI=1S/C9H16N4O/c10-9-7-1-3-13(5-6-14)4-2-8(7)11-12-9/h14H,1-6H2,(H3,10,11,12). The van der Waals surface area contributed by atoms with Crippen LogP contribution in [-0.4, -0.2) is 46.4 Å². The van der Waals surface area contributed by atoms with E-state index in [0.29, 0.717) is 5.82 Å². The molecule has 4 N–H and O–H groups in total. The first-order chi connectivity index (χ1) is 6.81. The molecule has 0 spiro atoms. The molecule has 78 valence electrons. The van der Waals surface area contributed by atoms with E-state index in [9.17, 15) is 0 Å². The van der Waals surface area contributed by atoms with Crippen LogP contribution in [0.3, 0.4) is 0 Å². The Hall–Kier alpha value is -1.07. The van der Waals surface area contributed by atoms with Gasteiger partial charge in [0.2, 0.25) is 0 Å². The lowest BCUT2D eigenvalue weighted by atomic mass is 10.1. The highest BCUT2D eigenvalue weighted by Gasteiger charge is 2.17. The monoisotopic (exact) mass is 196 g/mol. The third kappa shape index (κ3) is 1.73. The molecule has 5 heteroatoms. The molecule has 0 radical (unpaired) electrons. The van der Waals surface area contributed by atoms with E-state index < -0.39 is 0 Å². The highest BCUT2D eigenvalue weighted by Crippen LogP contribution is 2.18. The van der Waals surface area contributed by atoms with Crippen LogP contribution in [0.1, 0.15) is 11.3 Å². The normalized spacial score (nSPS) is 17.8. The third-order valence-electron chi connectivity index (χ3n) is 2.76. The van der Waals surface area contributed by atoms with Crippen molar-refractivity contribution >= 4 is 5.82 Å². The van der Waals surface area contributed by atoms with Crippen molar-refractivity contribution in [1.29, 1.82) is 0 Å². The first-order valence-corrected chi connectivity index (χ1v) is 4.96. The maximum absolute atomic E-state index is 8.85. The first kappa shape index (κ1) is 9.48. The fraction of sp³-hybridized carbons (Fsp3) is 0.667. The summed E-state index contributed by atoms with van der Waals surface area (Å²) < 4.78 is 0. The van der Waals surface area contributed by atoms with E-state index in [-0.39, 0.29) is 6.61 Å². The van der Waals surface area contributed by atoms with Crippen molar-refractivity contribution in [2.75, 3.05) is 32.0 Å². The number of fused-ring (bicyclic) bond motifs is 1. The van der Waals surface area contributed by atoms with Crippen molar-refractivity contribution in [2.24, 2.45) is 0 Å². The van der Waals surface area contributed by atoms with Crippen LogP contribution in [0, 0.1) is 0 Å². The molecule has 14 heavy (non-hydrogen) atoms. The number of rotatable bonds is 2. The second kappa shape index (κ2) is 3.98. The van der Waals surface area contributed by atoms with Crippen LogP contribution < -0.4 is 5.73 Å². The Morgan fingerprint density at radius 1 is 1.43 bits per heavy atom. The lowest BCUT2D eigenvalue weighted by Crippen LogP contribution is -2.29. The van der Waals surface area contributed by atoms with Gasteiger partial charge in [-0.25, -0.2) is 0 Å². The summed E-state index contributed by atoms with van der Waals surface area (Å²) >= 11 is 0. The number of aromatic nitrogens is 2. The molecule has 2 rings (SSSR count). The van der Waals surface area contributed by atoms with Gasteiger partial charge in [0.1, 0.15) is 5.82 Å². The number of aliphatic hydroxyl groups excluding tert-OH is 1. The number of hydrogen-bond donors (Lipinski definition) is 3. The van der Waals surface area contributed by atoms with E-state index in [4.69, 9.17) is 10.8 Å². The predicted octanol–water partition coefficient (Wildman–Crippen LogP) is -0.615. The van der Waals surface area contributed by atoms with Gasteiger partial charge >= 0.3 is 0 Å². The molecule has 0 bridgehead atoms. The van der Waals surface area contributed by atoms with Crippen molar-refractivity contribution in [2.45, 2.75) is 12.8 Å². The van der Waals surface area contributed by atoms with Crippen LogP contribution in [-0.2, 0) is 12.8 Å². The molecule has 0 atom stereocenters. The van der Waals surface area contributed by atoms with Crippen LogP contribution in [0.25, 0.3) is 0 Å². The van der Waals surface area contributed by atoms with Gasteiger partial charge < -0.3 is 15.7 Å². The highest BCUT2D eigenvalue weighted by molar-refractivity contribution is 5.42. The zero-order valence-electron chi connectivity index (χ0n) is 8.16. The summed E-state index contributed by atoms with van der Waals surface area (Å²) in [5, 5.41) is 15.8.